The summed E-state index contributed by atoms with van der Waals surface area (Å²) >= 11 is 3.36. The first-order valence-electron chi connectivity index (χ1n) is 10.4. The normalized spacial score (nSPS) is 18.6. The van der Waals surface area contributed by atoms with Crippen LogP contribution in [0.3, 0.4) is 0 Å². The number of carbonyl (C=O) groups excluding carboxylic acids is 1. The Bertz CT molecular complexity index is 1190. The van der Waals surface area contributed by atoms with Crippen LogP contribution in [0, 0.1) is 0 Å². The fourth-order valence-corrected chi connectivity index (χ4v) is 3.99. The number of carbonyl (C=O) groups is 1. The Morgan fingerprint density at radius 2 is 1.94 bits per heavy atom. The molecule has 2 aromatic heterocycles. The molecule has 0 saturated heterocycles. The van der Waals surface area contributed by atoms with E-state index in [1.54, 1.807) is 39.0 Å². The second-order valence-corrected chi connectivity index (χ2v) is 9.84. The Morgan fingerprint density at radius 3 is 2.58 bits per heavy atom. The molecule has 1 amide bonds. The number of alkyl halides is 3. The summed E-state index contributed by atoms with van der Waals surface area (Å²) in [5, 5.41) is 6.45. The van der Waals surface area contributed by atoms with E-state index in [0.717, 1.165) is 10.7 Å². The van der Waals surface area contributed by atoms with E-state index in [9.17, 15) is 18.0 Å². The number of aromatic amines is 1. The average Bonchev–Trinajstić information content (AvgIpc) is 3.10. The number of halogens is 4. The molecule has 0 spiro atoms. The summed E-state index contributed by atoms with van der Waals surface area (Å²) in [6.07, 6.45) is -1.45. The van der Waals surface area contributed by atoms with Gasteiger partial charge in [0, 0.05) is 39.4 Å². The molecular formula is C22H23BrF3N5O2. The van der Waals surface area contributed by atoms with E-state index in [-0.39, 0.29) is 23.7 Å². The summed E-state index contributed by atoms with van der Waals surface area (Å²) in [4.78, 5) is 23.2. The highest BCUT2D eigenvalue weighted by molar-refractivity contribution is 9.10. The molecule has 0 aliphatic heterocycles. The third-order valence-corrected chi connectivity index (χ3v) is 5.78. The topological polar surface area (TPSA) is 91.9 Å². The van der Waals surface area contributed by atoms with Crippen LogP contribution in [-0.2, 0) is 10.9 Å². The van der Waals surface area contributed by atoms with Crippen LogP contribution in [-0.4, -0.2) is 38.7 Å². The van der Waals surface area contributed by atoms with E-state index in [0.29, 0.717) is 29.3 Å². The van der Waals surface area contributed by atoms with Gasteiger partial charge in [0.2, 0.25) is 5.95 Å². The summed E-state index contributed by atoms with van der Waals surface area (Å²) in [5.41, 5.74) is -0.760. The monoisotopic (exact) mass is 525 g/mol. The van der Waals surface area contributed by atoms with Gasteiger partial charge in [-0.05, 0) is 45.7 Å². The molecule has 176 valence electrons. The van der Waals surface area contributed by atoms with E-state index in [4.69, 9.17) is 4.74 Å². The number of nitrogens with zero attached hydrogens (tertiary/aromatic N) is 2. The van der Waals surface area contributed by atoms with E-state index in [2.05, 4.69) is 41.5 Å². The highest BCUT2D eigenvalue weighted by Gasteiger charge is 2.37. The SMILES string of the molecule is CC(C)(C)OC(=O)N[C@H]1CC[C@@H]1Nc1ncc(C(F)(F)F)c(-c2c[nH]c3cc(Br)ccc23)n1. The molecule has 33 heavy (non-hydrogen) atoms. The maximum atomic E-state index is 13.7. The molecule has 0 bridgehead atoms. The quantitative estimate of drug-likeness (QED) is 0.396. The predicted octanol–water partition coefficient (Wildman–Crippen LogP) is 5.87. The molecule has 11 heteroatoms. The second kappa shape index (κ2) is 8.51. The van der Waals surface area contributed by atoms with Crippen LogP contribution in [0.5, 0.6) is 0 Å². The number of benzene rings is 1. The number of hydrogen-bond donors (Lipinski definition) is 3. The minimum absolute atomic E-state index is 0.0603. The molecule has 4 rings (SSSR count). The first-order valence-corrected chi connectivity index (χ1v) is 11.2. The molecule has 1 aromatic carbocycles. The summed E-state index contributed by atoms with van der Waals surface area (Å²) in [5.74, 6) is 0.0603. The summed E-state index contributed by atoms with van der Waals surface area (Å²) in [6, 6.07) is 4.82. The zero-order valence-corrected chi connectivity index (χ0v) is 19.8. The number of fused-ring (bicyclic) bond motifs is 1. The van der Waals surface area contributed by atoms with E-state index >= 15 is 0 Å². The second-order valence-electron chi connectivity index (χ2n) is 8.93. The van der Waals surface area contributed by atoms with Crippen molar-refractivity contribution >= 4 is 38.9 Å². The van der Waals surface area contributed by atoms with Gasteiger partial charge < -0.3 is 20.4 Å². The molecule has 3 N–H and O–H groups in total. The van der Waals surface area contributed by atoms with Gasteiger partial charge in [0.25, 0.3) is 0 Å². The Morgan fingerprint density at radius 1 is 1.21 bits per heavy atom. The smallest absolute Gasteiger partial charge is 0.419 e. The molecule has 2 heterocycles. The number of nitrogens with one attached hydrogen (secondary N) is 3. The van der Waals surface area contributed by atoms with Crippen molar-refractivity contribution in [1.29, 1.82) is 0 Å². The van der Waals surface area contributed by atoms with Gasteiger partial charge in [-0.3, -0.25) is 0 Å². The largest absolute Gasteiger partial charge is 0.444 e. The van der Waals surface area contributed by atoms with Crippen molar-refractivity contribution in [2.75, 3.05) is 5.32 Å². The molecular weight excluding hydrogens is 503 g/mol. The summed E-state index contributed by atoms with van der Waals surface area (Å²) in [7, 11) is 0. The number of hydrogen-bond acceptors (Lipinski definition) is 5. The zero-order valence-electron chi connectivity index (χ0n) is 18.2. The number of aromatic nitrogens is 3. The highest BCUT2D eigenvalue weighted by Crippen LogP contribution is 2.39. The lowest BCUT2D eigenvalue weighted by Gasteiger charge is -2.37. The Labute approximate surface area is 196 Å². The molecule has 1 saturated carbocycles. The maximum Gasteiger partial charge on any atom is 0.419 e. The van der Waals surface area contributed by atoms with Crippen molar-refractivity contribution in [3.63, 3.8) is 0 Å². The number of H-pyrrole nitrogens is 1. The van der Waals surface area contributed by atoms with Gasteiger partial charge in [-0.15, -0.1) is 0 Å². The van der Waals surface area contributed by atoms with Crippen LogP contribution in [0.1, 0.15) is 39.2 Å². The Balaban J connectivity index is 1.60. The summed E-state index contributed by atoms with van der Waals surface area (Å²) in [6.45, 7) is 5.30. The number of anilines is 1. The minimum Gasteiger partial charge on any atom is -0.444 e. The lowest BCUT2D eigenvalue weighted by molar-refractivity contribution is -0.137. The lowest BCUT2D eigenvalue weighted by Crippen LogP contribution is -2.54. The molecule has 0 unspecified atom stereocenters. The average molecular weight is 526 g/mol. The molecule has 0 radical (unpaired) electrons. The van der Waals surface area contributed by atoms with Crippen molar-refractivity contribution < 1.29 is 22.7 Å². The molecule has 1 aliphatic rings. The first-order chi connectivity index (χ1) is 15.4. The Kier molecular flexibility index (Phi) is 6.02. The zero-order chi connectivity index (χ0) is 24.0. The van der Waals surface area contributed by atoms with Crippen molar-refractivity contribution in [3.8, 4) is 11.3 Å². The van der Waals surface area contributed by atoms with E-state index in [1.807, 2.05) is 0 Å². The molecule has 7 nitrogen and oxygen atoms in total. The highest BCUT2D eigenvalue weighted by atomic mass is 79.9. The molecule has 3 aromatic rings. The number of ether oxygens (including phenoxy) is 1. The maximum absolute atomic E-state index is 13.7. The van der Waals surface area contributed by atoms with Crippen LogP contribution < -0.4 is 10.6 Å². The Hall–Kier alpha value is -2.82. The standard InChI is InChI=1S/C22H23BrF3N5O2/c1-21(2,3)33-20(32)30-16-7-6-15(16)29-19-28-10-14(22(24,25)26)18(31-19)13-9-27-17-8-11(23)4-5-12(13)17/h4-5,8-10,15-16,27H,6-7H2,1-3H3,(H,30,32)(H,28,29,31)/t15-,16-/m0/s1. The van der Waals surface area contributed by atoms with Gasteiger partial charge >= 0.3 is 12.3 Å². The van der Waals surface area contributed by atoms with Crippen LogP contribution in [0.15, 0.2) is 35.1 Å². The fourth-order valence-electron chi connectivity index (χ4n) is 3.63. The fraction of sp³-hybridized carbons (Fsp3) is 0.409. The van der Waals surface area contributed by atoms with Gasteiger partial charge in [0.15, 0.2) is 0 Å². The summed E-state index contributed by atoms with van der Waals surface area (Å²) < 4.78 is 47.3. The van der Waals surface area contributed by atoms with Gasteiger partial charge in [0.05, 0.1) is 11.7 Å². The lowest BCUT2D eigenvalue weighted by atomic mass is 9.86. The van der Waals surface area contributed by atoms with Crippen molar-refractivity contribution in [2.24, 2.45) is 0 Å². The van der Waals surface area contributed by atoms with Crippen LogP contribution >= 0.6 is 15.9 Å². The van der Waals surface area contributed by atoms with Crippen LogP contribution in [0.4, 0.5) is 23.9 Å². The van der Waals surface area contributed by atoms with Gasteiger partial charge in [0.1, 0.15) is 11.2 Å². The van der Waals surface area contributed by atoms with Gasteiger partial charge in [-0.1, -0.05) is 22.0 Å². The predicted molar refractivity (Wildman–Crippen MR) is 122 cm³/mol. The molecule has 2 atom stereocenters. The number of alkyl carbamates (subject to hydrolysis) is 1. The van der Waals surface area contributed by atoms with Crippen molar-refractivity contribution in [1.82, 2.24) is 20.3 Å². The third kappa shape index (κ3) is 5.23. The van der Waals surface area contributed by atoms with Gasteiger partial charge in [-0.25, -0.2) is 14.8 Å². The minimum atomic E-state index is -4.62. The van der Waals surface area contributed by atoms with Crippen molar-refractivity contribution in [3.05, 3.63) is 40.6 Å². The first kappa shape index (κ1) is 23.3. The van der Waals surface area contributed by atoms with Crippen molar-refractivity contribution in [2.45, 2.75) is 57.5 Å². The van der Waals surface area contributed by atoms with Crippen LogP contribution in [0.2, 0.25) is 0 Å². The molecule has 1 aliphatic carbocycles. The number of rotatable bonds is 4. The van der Waals surface area contributed by atoms with E-state index < -0.39 is 23.4 Å². The van der Waals surface area contributed by atoms with E-state index in [1.165, 1.54) is 6.20 Å². The van der Waals surface area contributed by atoms with Crippen LogP contribution in [0.25, 0.3) is 22.2 Å². The third-order valence-electron chi connectivity index (χ3n) is 5.28. The van der Waals surface area contributed by atoms with Gasteiger partial charge in [-0.2, -0.15) is 13.2 Å². The molecule has 1 fully saturated rings. The number of amides is 1.